The van der Waals surface area contributed by atoms with Gasteiger partial charge in [0.15, 0.2) is 0 Å². The van der Waals surface area contributed by atoms with Crippen LogP contribution in [-0.4, -0.2) is 45.6 Å². The molecular weight excluding hydrogens is 348 g/mol. The van der Waals surface area contributed by atoms with E-state index in [1.807, 2.05) is 28.5 Å². The maximum Gasteiger partial charge on any atom is 0.266 e. The lowest BCUT2D eigenvalue weighted by Crippen LogP contribution is -2.31. The number of thiophene rings is 1. The van der Waals surface area contributed by atoms with Gasteiger partial charge in [-0.3, -0.25) is 14.5 Å². The normalized spacial score (nSPS) is 20.1. The SMILES string of the molecule is O=C(CCCN1C(=O)C(=Cc2cccs2)SC1=S)N1CCCC1. The van der Waals surface area contributed by atoms with Gasteiger partial charge in [-0.15, -0.1) is 11.3 Å². The molecule has 0 bridgehead atoms. The van der Waals surface area contributed by atoms with Crippen molar-refractivity contribution in [1.29, 1.82) is 0 Å². The molecule has 0 spiro atoms. The van der Waals surface area contributed by atoms with Crippen molar-refractivity contribution in [1.82, 2.24) is 9.80 Å². The zero-order valence-electron chi connectivity index (χ0n) is 12.7. The number of rotatable bonds is 5. The predicted octanol–water partition coefficient (Wildman–Crippen LogP) is 3.35. The van der Waals surface area contributed by atoms with Crippen LogP contribution in [-0.2, 0) is 9.59 Å². The van der Waals surface area contributed by atoms with Gasteiger partial charge in [0.25, 0.3) is 5.91 Å². The summed E-state index contributed by atoms with van der Waals surface area (Å²) in [5, 5.41) is 1.98. The molecule has 0 aromatic carbocycles. The average Bonchev–Trinajstić information content (AvgIpc) is 3.26. The summed E-state index contributed by atoms with van der Waals surface area (Å²) in [5.74, 6) is 0.157. The highest BCUT2D eigenvalue weighted by atomic mass is 32.2. The van der Waals surface area contributed by atoms with Crippen LogP contribution in [0.25, 0.3) is 6.08 Å². The van der Waals surface area contributed by atoms with Crippen LogP contribution < -0.4 is 0 Å². The minimum atomic E-state index is -0.0398. The maximum absolute atomic E-state index is 12.4. The van der Waals surface area contributed by atoms with Crippen LogP contribution in [0.2, 0.25) is 0 Å². The van der Waals surface area contributed by atoms with Gasteiger partial charge in [0.1, 0.15) is 4.32 Å². The predicted molar refractivity (Wildman–Crippen MR) is 99.2 cm³/mol. The molecule has 2 aliphatic heterocycles. The van der Waals surface area contributed by atoms with Crippen molar-refractivity contribution in [2.24, 2.45) is 0 Å². The summed E-state index contributed by atoms with van der Waals surface area (Å²) >= 11 is 8.25. The molecule has 0 N–H and O–H groups in total. The topological polar surface area (TPSA) is 40.6 Å². The lowest BCUT2D eigenvalue weighted by molar-refractivity contribution is -0.130. The third kappa shape index (κ3) is 4.02. The Labute approximate surface area is 149 Å². The largest absolute Gasteiger partial charge is 0.343 e. The van der Waals surface area contributed by atoms with Gasteiger partial charge in [0.2, 0.25) is 5.91 Å². The summed E-state index contributed by atoms with van der Waals surface area (Å²) in [4.78, 5) is 29.7. The minimum Gasteiger partial charge on any atom is -0.343 e. The van der Waals surface area contributed by atoms with Gasteiger partial charge < -0.3 is 4.90 Å². The zero-order valence-corrected chi connectivity index (χ0v) is 15.1. The molecule has 2 saturated heterocycles. The first-order valence-electron chi connectivity index (χ1n) is 7.72. The van der Waals surface area contributed by atoms with Crippen LogP contribution in [0.1, 0.15) is 30.6 Å². The van der Waals surface area contributed by atoms with E-state index in [1.165, 1.54) is 11.8 Å². The van der Waals surface area contributed by atoms with E-state index >= 15 is 0 Å². The standard InChI is InChI=1S/C16H18N2O2S3/c19-14(17-7-1-2-8-17)6-3-9-18-15(20)13(23-16(18)21)11-12-5-4-10-22-12/h4-5,10-11H,1-3,6-9H2. The molecule has 0 radical (unpaired) electrons. The van der Waals surface area contributed by atoms with Crippen molar-refractivity contribution >= 4 is 57.5 Å². The summed E-state index contributed by atoms with van der Waals surface area (Å²) in [6.45, 7) is 2.28. The Hall–Kier alpha value is -1.18. The Bertz CT molecular complexity index is 634. The molecule has 2 amide bonds. The summed E-state index contributed by atoms with van der Waals surface area (Å²) < 4.78 is 0.589. The van der Waals surface area contributed by atoms with E-state index in [4.69, 9.17) is 12.2 Å². The number of hydrogen-bond donors (Lipinski definition) is 0. The third-order valence-electron chi connectivity index (χ3n) is 3.92. The van der Waals surface area contributed by atoms with Crippen molar-refractivity contribution in [3.8, 4) is 0 Å². The van der Waals surface area contributed by atoms with Crippen molar-refractivity contribution in [2.45, 2.75) is 25.7 Å². The molecule has 7 heteroatoms. The highest BCUT2D eigenvalue weighted by Crippen LogP contribution is 2.33. The third-order valence-corrected chi connectivity index (χ3v) is 6.12. The van der Waals surface area contributed by atoms with Gasteiger partial charge in [0, 0.05) is 30.9 Å². The Morgan fingerprint density at radius 1 is 1.35 bits per heavy atom. The Kier molecular flexibility index (Phi) is 5.50. The monoisotopic (exact) mass is 366 g/mol. The van der Waals surface area contributed by atoms with E-state index in [-0.39, 0.29) is 11.8 Å². The Morgan fingerprint density at radius 3 is 2.83 bits per heavy atom. The molecule has 23 heavy (non-hydrogen) atoms. The number of carbonyl (C=O) groups is 2. The van der Waals surface area contributed by atoms with Gasteiger partial charge in [0.05, 0.1) is 4.91 Å². The van der Waals surface area contributed by atoms with E-state index in [0.717, 1.165) is 30.8 Å². The molecule has 3 rings (SSSR count). The van der Waals surface area contributed by atoms with E-state index < -0.39 is 0 Å². The number of hydrogen-bond acceptors (Lipinski definition) is 5. The Balaban J connectivity index is 1.53. The van der Waals surface area contributed by atoms with Crippen molar-refractivity contribution in [2.75, 3.05) is 19.6 Å². The molecule has 3 heterocycles. The first-order valence-corrected chi connectivity index (χ1v) is 9.82. The molecule has 0 atom stereocenters. The van der Waals surface area contributed by atoms with E-state index in [2.05, 4.69) is 0 Å². The summed E-state index contributed by atoms with van der Waals surface area (Å²) in [6.07, 6.45) is 5.25. The van der Waals surface area contributed by atoms with Gasteiger partial charge in [-0.2, -0.15) is 0 Å². The molecule has 1 aromatic rings. The highest BCUT2D eigenvalue weighted by molar-refractivity contribution is 8.26. The Morgan fingerprint density at radius 2 is 2.13 bits per heavy atom. The smallest absolute Gasteiger partial charge is 0.266 e. The molecular formula is C16H18N2O2S3. The van der Waals surface area contributed by atoms with Crippen LogP contribution in [0.3, 0.4) is 0 Å². The first-order chi connectivity index (χ1) is 11.1. The van der Waals surface area contributed by atoms with E-state index in [0.29, 0.717) is 28.6 Å². The fourth-order valence-corrected chi connectivity index (χ4v) is 4.74. The molecule has 122 valence electrons. The summed E-state index contributed by atoms with van der Waals surface area (Å²) in [6, 6.07) is 3.94. The number of thioether (sulfide) groups is 1. The van der Waals surface area contributed by atoms with Crippen molar-refractivity contribution < 1.29 is 9.59 Å². The van der Waals surface area contributed by atoms with Gasteiger partial charge in [-0.05, 0) is 36.8 Å². The molecule has 4 nitrogen and oxygen atoms in total. The zero-order chi connectivity index (χ0) is 16.2. The van der Waals surface area contributed by atoms with Crippen LogP contribution in [0.4, 0.5) is 0 Å². The van der Waals surface area contributed by atoms with Crippen molar-refractivity contribution in [3.63, 3.8) is 0 Å². The average molecular weight is 367 g/mol. The summed E-state index contributed by atoms with van der Waals surface area (Å²) in [5.41, 5.74) is 0. The lowest BCUT2D eigenvalue weighted by atomic mass is 10.2. The second-order valence-electron chi connectivity index (χ2n) is 5.54. The molecule has 0 unspecified atom stereocenters. The second kappa shape index (κ2) is 7.59. The van der Waals surface area contributed by atoms with Crippen LogP contribution in [0, 0.1) is 0 Å². The number of amides is 2. The second-order valence-corrected chi connectivity index (χ2v) is 8.20. The van der Waals surface area contributed by atoms with Crippen molar-refractivity contribution in [3.05, 3.63) is 27.3 Å². The first kappa shape index (κ1) is 16.7. The molecule has 1 aromatic heterocycles. The maximum atomic E-state index is 12.4. The van der Waals surface area contributed by atoms with Crippen LogP contribution in [0.5, 0.6) is 0 Å². The van der Waals surface area contributed by atoms with E-state index in [9.17, 15) is 9.59 Å². The van der Waals surface area contributed by atoms with Gasteiger partial charge in [-0.25, -0.2) is 0 Å². The number of thiocarbonyl (C=S) groups is 1. The lowest BCUT2D eigenvalue weighted by Gasteiger charge is -2.17. The number of likely N-dealkylation sites (tertiary alicyclic amines) is 1. The number of nitrogens with zero attached hydrogens (tertiary/aromatic N) is 2. The molecule has 2 fully saturated rings. The molecule has 0 aliphatic carbocycles. The number of carbonyl (C=O) groups excluding carboxylic acids is 2. The van der Waals surface area contributed by atoms with Gasteiger partial charge in [-0.1, -0.05) is 30.0 Å². The van der Waals surface area contributed by atoms with E-state index in [1.54, 1.807) is 16.2 Å². The highest BCUT2D eigenvalue weighted by Gasteiger charge is 2.31. The minimum absolute atomic E-state index is 0.0398. The summed E-state index contributed by atoms with van der Waals surface area (Å²) in [7, 11) is 0. The van der Waals surface area contributed by atoms with Crippen LogP contribution >= 0.6 is 35.3 Å². The quantitative estimate of drug-likeness (QED) is 0.592. The van der Waals surface area contributed by atoms with Gasteiger partial charge >= 0.3 is 0 Å². The van der Waals surface area contributed by atoms with Crippen LogP contribution in [0.15, 0.2) is 22.4 Å². The fraction of sp³-hybridized carbons (Fsp3) is 0.438. The molecule has 0 saturated carbocycles. The molecule has 2 aliphatic rings. The fourth-order valence-electron chi connectivity index (χ4n) is 2.71.